The first-order chi connectivity index (χ1) is 4.85. The average Bonchev–Trinajstić information content (AvgIpc) is 1.98. The predicted octanol–water partition coefficient (Wildman–Crippen LogP) is 1.68. The summed E-state index contributed by atoms with van der Waals surface area (Å²) in [5.74, 6) is 0. The van der Waals surface area contributed by atoms with Crippen LogP contribution in [0.4, 0.5) is 0 Å². The van der Waals surface area contributed by atoms with Crippen molar-refractivity contribution >= 4 is 17.4 Å². The summed E-state index contributed by atoms with van der Waals surface area (Å²) >= 11 is 0. The highest BCUT2D eigenvalue weighted by Gasteiger charge is 2.13. The van der Waals surface area contributed by atoms with Gasteiger partial charge in [-0.1, -0.05) is 6.92 Å². The second kappa shape index (κ2) is 7.23. The second-order valence-corrected chi connectivity index (χ2v) is 2.48. The van der Waals surface area contributed by atoms with E-state index in [1.165, 1.54) is 0 Å². The van der Waals surface area contributed by atoms with Crippen LogP contribution in [0.25, 0.3) is 0 Å². The van der Waals surface area contributed by atoms with Gasteiger partial charge < -0.3 is 0 Å². The average molecular weight is 184 g/mol. The Bertz CT molecular complexity index is 107. The van der Waals surface area contributed by atoms with Crippen molar-refractivity contribution in [1.82, 2.24) is 0 Å². The van der Waals surface area contributed by atoms with E-state index in [0.717, 1.165) is 0 Å². The molecule has 3 atom stereocenters. The van der Waals surface area contributed by atoms with Crippen LogP contribution in [0.15, 0.2) is 0 Å². The van der Waals surface area contributed by atoms with Gasteiger partial charge in [0.25, 0.3) is 0 Å². The molecule has 0 aromatic heterocycles. The van der Waals surface area contributed by atoms with Gasteiger partial charge in [0.1, 0.15) is 12.7 Å². The Kier molecular flexibility index (Phi) is 7.32. The van der Waals surface area contributed by atoms with E-state index >= 15 is 0 Å². The first kappa shape index (κ1) is 10.1. The summed E-state index contributed by atoms with van der Waals surface area (Å²) in [6.07, 6.45) is 0.511. The Balaban J connectivity index is 3.38. The molecule has 58 valence electrons. The molecule has 0 N–H and O–H groups in total. The molecule has 4 nitrogen and oxygen atoms in total. The van der Waals surface area contributed by atoms with Crippen molar-refractivity contribution in [1.29, 1.82) is 0 Å². The van der Waals surface area contributed by atoms with Crippen molar-refractivity contribution < 1.29 is 18.2 Å². The van der Waals surface area contributed by atoms with Gasteiger partial charge in [0.15, 0.2) is 0 Å². The molecule has 6 heteroatoms. The highest BCUT2D eigenvalue weighted by atomic mass is 31.1. The van der Waals surface area contributed by atoms with Crippen molar-refractivity contribution in [2.45, 2.75) is 19.4 Å². The van der Waals surface area contributed by atoms with E-state index in [9.17, 15) is 9.13 Å². The van der Waals surface area contributed by atoms with Crippen LogP contribution in [0.3, 0.4) is 0 Å². The molecule has 0 rings (SSSR count). The zero-order chi connectivity index (χ0) is 7.82. The summed E-state index contributed by atoms with van der Waals surface area (Å²) in [6.45, 7) is 2.12. The van der Waals surface area contributed by atoms with E-state index in [1.807, 2.05) is 6.92 Å². The van der Waals surface area contributed by atoms with Crippen molar-refractivity contribution in [2.75, 3.05) is 6.61 Å². The van der Waals surface area contributed by atoms with Crippen molar-refractivity contribution in [2.24, 2.45) is 0 Å². The van der Waals surface area contributed by atoms with Crippen LogP contribution < -0.4 is 0 Å². The summed E-state index contributed by atoms with van der Waals surface area (Å²) < 4.78 is 29.0. The summed E-state index contributed by atoms with van der Waals surface area (Å²) in [5.41, 5.74) is 0. The van der Waals surface area contributed by atoms with E-state index < -0.39 is 17.4 Å². The predicted molar refractivity (Wildman–Crippen MR) is 39.1 cm³/mol. The molecule has 0 fully saturated rings. The monoisotopic (exact) mass is 184 g/mol. The van der Waals surface area contributed by atoms with Gasteiger partial charge in [0.2, 0.25) is 0 Å². The van der Waals surface area contributed by atoms with Crippen LogP contribution in [0, 0.1) is 0 Å². The SMILES string of the molecule is CCC(CO[PH+]=O)O[PH+]=O. The highest BCUT2D eigenvalue weighted by molar-refractivity contribution is 7.17. The third kappa shape index (κ3) is 4.95. The van der Waals surface area contributed by atoms with Gasteiger partial charge >= 0.3 is 17.4 Å². The zero-order valence-corrected chi connectivity index (χ0v) is 7.62. The van der Waals surface area contributed by atoms with Gasteiger partial charge in [0.05, 0.1) is 0 Å². The molecule has 0 bridgehead atoms. The molecule has 0 aromatic rings. The van der Waals surface area contributed by atoms with Crippen molar-refractivity contribution in [3.8, 4) is 0 Å². The Morgan fingerprint density at radius 3 is 2.50 bits per heavy atom. The zero-order valence-electron chi connectivity index (χ0n) is 5.62. The molecule has 0 aliphatic heterocycles. The number of rotatable bonds is 6. The lowest BCUT2D eigenvalue weighted by atomic mass is 10.3. The molecule has 0 amide bonds. The largest absolute Gasteiger partial charge is 0.494 e. The lowest BCUT2D eigenvalue weighted by Gasteiger charge is -1.98. The highest BCUT2D eigenvalue weighted by Crippen LogP contribution is 2.09. The maximum atomic E-state index is 9.94. The quantitative estimate of drug-likeness (QED) is 0.589. The van der Waals surface area contributed by atoms with Gasteiger partial charge in [-0.15, -0.1) is 9.05 Å². The van der Waals surface area contributed by atoms with Gasteiger partial charge in [-0.3, -0.25) is 0 Å². The fourth-order valence-electron chi connectivity index (χ4n) is 0.430. The molecular formula is C4H10O4P2+2. The van der Waals surface area contributed by atoms with Crippen molar-refractivity contribution in [3.05, 3.63) is 0 Å². The Morgan fingerprint density at radius 1 is 1.40 bits per heavy atom. The van der Waals surface area contributed by atoms with Crippen LogP contribution >= 0.6 is 17.4 Å². The summed E-state index contributed by atoms with van der Waals surface area (Å²) in [5, 5.41) is 0. The maximum Gasteiger partial charge on any atom is 0.494 e. The molecule has 0 aliphatic carbocycles. The van der Waals surface area contributed by atoms with E-state index in [0.29, 0.717) is 6.42 Å². The minimum Gasteiger partial charge on any atom is -0.145 e. The first-order valence-electron chi connectivity index (χ1n) is 2.86. The van der Waals surface area contributed by atoms with Gasteiger partial charge in [0, 0.05) is 0 Å². The summed E-state index contributed by atoms with van der Waals surface area (Å²) in [4.78, 5) is 0. The fraction of sp³-hybridized carbons (Fsp3) is 1.00. The lowest BCUT2D eigenvalue weighted by Crippen LogP contribution is -2.11. The number of hydrogen-bond donors (Lipinski definition) is 0. The van der Waals surface area contributed by atoms with Gasteiger partial charge in [-0.25, -0.2) is 0 Å². The molecule has 0 spiro atoms. The van der Waals surface area contributed by atoms with Crippen molar-refractivity contribution in [3.63, 3.8) is 0 Å². The van der Waals surface area contributed by atoms with Crippen LogP contribution in [0.2, 0.25) is 0 Å². The van der Waals surface area contributed by atoms with E-state index in [-0.39, 0.29) is 12.7 Å². The fourth-order valence-corrected chi connectivity index (χ4v) is 1.05. The Labute approximate surface area is 62.5 Å². The molecule has 0 aliphatic rings. The molecule has 0 radical (unpaired) electrons. The van der Waals surface area contributed by atoms with Gasteiger partial charge in [-0.05, 0) is 15.6 Å². The van der Waals surface area contributed by atoms with Crippen LogP contribution in [-0.2, 0) is 18.2 Å². The summed E-state index contributed by atoms with van der Waals surface area (Å²) in [7, 11) is -1.54. The van der Waals surface area contributed by atoms with Crippen LogP contribution in [0.1, 0.15) is 13.3 Å². The topological polar surface area (TPSA) is 52.6 Å². The lowest BCUT2D eigenvalue weighted by molar-refractivity contribution is 0.147. The molecule has 10 heavy (non-hydrogen) atoms. The van der Waals surface area contributed by atoms with E-state index in [4.69, 9.17) is 4.52 Å². The molecule has 0 saturated heterocycles. The second-order valence-electron chi connectivity index (χ2n) is 1.63. The third-order valence-electron chi connectivity index (χ3n) is 0.998. The smallest absolute Gasteiger partial charge is 0.145 e. The molecule has 3 unspecified atom stereocenters. The normalized spacial score (nSPS) is 14.1. The third-order valence-corrected chi connectivity index (χ3v) is 1.71. The molecule has 0 saturated carbocycles. The molecule has 0 aromatic carbocycles. The number of hydrogen-bond acceptors (Lipinski definition) is 4. The van der Waals surface area contributed by atoms with E-state index in [2.05, 4.69) is 4.52 Å². The first-order valence-corrected chi connectivity index (χ1v) is 4.50. The summed E-state index contributed by atoms with van der Waals surface area (Å²) in [6, 6.07) is 0. The minimum absolute atomic E-state index is 0.197. The van der Waals surface area contributed by atoms with Crippen LogP contribution in [0.5, 0.6) is 0 Å². The molecular weight excluding hydrogens is 174 g/mol. The Morgan fingerprint density at radius 2 is 2.10 bits per heavy atom. The van der Waals surface area contributed by atoms with E-state index in [1.54, 1.807) is 0 Å². The molecule has 0 heterocycles. The standard InChI is InChI=1S/C4H10O4P2/c1-2-4(8-10-6)3-7-9-5/h4,9-10H,2-3H2,1H3/q+2. The van der Waals surface area contributed by atoms with Gasteiger partial charge in [-0.2, -0.15) is 0 Å². The van der Waals surface area contributed by atoms with Crippen LogP contribution in [-0.4, -0.2) is 12.7 Å². The maximum absolute atomic E-state index is 9.94. The minimum atomic E-state index is -0.773. The Hall–Kier alpha value is 0.120.